The summed E-state index contributed by atoms with van der Waals surface area (Å²) in [6, 6.07) is 5.61. The van der Waals surface area contributed by atoms with Crippen molar-refractivity contribution in [2.75, 3.05) is 13.7 Å². The highest BCUT2D eigenvalue weighted by atomic mass is 16.5. The molecule has 0 atom stereocenters. The van der Waals surface area contributed by atoms with Gasteiger partial charge in [0.15, 0.2) is 23.8 Å². The second-order valence-electron chi connectivity index (χ2n) is 5.21. The van der Waals surface area contributed by atoms with Gasteiger partial charge < -0.3 is 19.2 Å². The monoisotopic (exact) mass is 316 g/mol. The number of hydrogen-bond acceptors (Lipinski definition) is 5. The van der Waals surface area contributed by atoms with Crippen LogP contribution in [0.25, 0.3) is 0 Å². The Labute approximate surface area is 135 Å². The zero-order valence-electron chi connectivity index (χ0n) is 13.5. The molecule has 2 aromatic rings. The molecule has 0 spiro atoms. The van der Waals surface area contributed by atoms with E-state index in [0.29, 0.717) is 23.9 Å². The first-order valence-electron chi connectivity index (χ1n) is 7.14. The maximum absolute atomic E-state index is 11.8. The summed E-state index contributed by atoms with van der Waals surface area (Å²) in [5.74, 6) is 1.23. The van der Waals surface area contributed by atoms with Gasteiger partial charge in [0.1, 0.15) is 6.26 Å². The van der Waals surface area contributed by atoms with Crippen LogP contribution in [0.4, 0.5) is 0 Å². The summed E-state index contributed by atoms with van der Waals surface area (Å²) < 4.78 is 16.1. The molecule has 2 rings (SSSR count). The molecule has 0 fully saturated rings. The second kappa shape index (κ2) is 7.49. The van der Waals surface area contributed by atoms with Crippen LogP contribution in [0.1, 0.15) is 28.9 Å². The third-order valence-corrected chi connectivity index (χ3v) is 3.01. The van der Waals surface area contributed by atoms with Crippen LogP contribution in [-0.2, 0) is 6.61 Å². The normalized spacial score (nSPS) is 10.2. The molecule has 1 aromatic heterocycles. The number of benzene rings is 1. The number of nitrogens with zero attached hydrogens (tertiary/aromatic N) is 1. The number of ether oxygens (including phenoxy) is 2. The highest BCUT2D eigenvalue weighted by Crippen LogP contribution is 2.28. The van der Waals surface area contributed by atoms with Crippen LogP contribution < -0.4 is 14.8 Å². The number of oxazole rings is 1. The quantitative estimate of drug-likeness (QED) is 0.795. The number of hydrogen-bond donors (Lipinski definition) is 1. The minimum Gasteiger partial charge on any atom is -0.493 e. The SMILES string of the molecule is C=C(C)CNC(=O)c1coc(COc2ccc(C)cc2OC)n1. The van der Waals surface area contributed by atoms with Gasteiger partial charge in [-0.1, -0.05) is 18.2 Å². The van der Waals surface area contributed by atoms with Crippen molar-refractivity contribution in [2.24, 2.45) is 0 Å². The van der Waals surface area contributed by atoms with Gasteiger partial charge in [0.2, 0.25) is 5.89 Å². The van der Waals surface area contributed by atoms with Crippen molar-refractivity contribution in [1.29, 1.82) is 0 Å². The molecular weight excluding hydrogens is 296 g/mol. The van der Waals surface area contributed by atoms with Crippen molar-refractivity contribution in [3.05, 3.63) is 53.8 Å². The van der Waals surface area contributed by atoms with Crippen molar-refractivity contribution in [2.45, 2.75) is 20.5 Å². The zero-order chi connectivity index (χ0) is 16.8. The molecule has 23 heavy (non-hydrogen) atoms. The van der Waals surface area contributed by atoms with Crippen molar-refractivity contribution in [3.63, 3.8) is 0 Å². The highest BCUT2D eigenvalue weighted by Gasteiger charge is 2.13. The summed E-state index contributed by atoms with van der Waals surface area (Å²) >= 11 is 0. The molecule has 0 aliphatic heterocycles. The molecular formula is C17H20N2O4. The molecule has 6 nitrogen and oxygen atoms in total. The Morgan fingerprint density at radius 1 is 1.39 bits per heavy atom. The summed E-state index contributed by atoms with van der Waals surface area (Å²) in [7, 11) is 1.58. The van der Waals surface area contributed by atoms with E-state index in [1.54, 1.807) is 7.11 Å². The minimum atomic E-state index is -0.309. The molecule has 0 radical (unpaired) electrons. The van der Waals surface area contributed by atoms with Gasteiger partial charge >= 0.3 is 0 Å². The van der Waals surface area contributed by atoms with E-state index in [0.717, 1.165) is 11.1 Å². The van der Waals surface area contributed by atoms with Crippen LogP contribution in [0.2, 0.25) is 0 Å². The molecule has 0 aliphatic carbocycles. The number of carbonyl (C=O) groups excluding carboxylic acids is 1. The molecule has 1 aromatic carbocycles. The van der Waals surface area contributed by atoms with Crippen molar-refractivity contribution in [3.8, 4) is 11.5 Å². The van der Waals surface area contributed by atoms with Gasteiger partial charge in [-0.05, 0) is 31.5 Å². The lowest BCUT2D eigenvalue weighted by Gasteiger charge is -2.09. The van der Waals surface area contributed by atoms with E-state index in [9.17, 15) is 4.79 Å². The predicted molar refractivity (Wildman–Crippen MR) is 85.7 cm³/mol. The Kier molecular flexibility index (Phi) is 5.41. The lowest BCUT2D eigenvalue weighted by molar-refractivity contribution is 0.0952. The molecule has 0 unspecified atom stereocenters. The summed E-state index contributed by atoms with van der Waals surface area (Å²) in [6.45, 7) is 8.03. The Morgan fingerprint density at radius 2 is 2.17 bits per heavy atom. The fraction of sp³-hybridized carbons (Fsp3) is 0.294. The Morgan fingerprint density at radius 3 is 2.87 bits per heavy atom. The molecule has 1 N–H and O–H groups in total. The number of rotatable bonds is 7. The van der Waals surface area contributed by atoms with Crippen LogP contribution in [0, 0.1) is 6.92 Å². The molecule has 0 saturated carbocycles. The van der Waals surface area contributed by atoms with Gasteiger partial charge in [-0.15, -0.1) is 0 Å². The molecule has 6 heteroatoms. The van der Waals surface area contributed by atoms with Gasteiger partial charge in [-0.25, -0.2) is 4.98 Å². The minimum absolute atomic E-state index is 0.104. The topological polar surface area (TPSA) is 73.6 Å². The first-order chi connectivity index (χ1) is 11.0. The molecule has 0 aliphatic rings. The Hall–Kier alpha value is -2.76. The standard InChI is InChI=1S/C17H20N2O4/c1-11(2)8-18-17(20)13-9-23-16(19-13)10-22-14-6-5-12(3)7-15(14)21-4/h5-7,9H,1,8,10H2,2-4H3,(H,18,20). The predicted octanol–water partition coefficient (Wildman–Crippen LogP) is 2.88. The van der Waals surface area contributed by atoms with E-state index in [-0.39, 0.29) is 18.2 Å². The molecule has 1 amide bonds. The zero-order valence-corrected chi connectivity index (χ0v) is 13.5. The number of amides is 1. The summed E-state index contributed by atoms with van der Waals surface area (Å²) in [6.07, 6.45) is 1.30. The lowest BCUT2D eigenvalue weighted by atomic mass is 10.2. The van der Waals surface area contributed by atoms with E-state index in [1.807, 2.05) is 32.0 Å². The second-order valence-corrected chi connectivity index (χ2v) is 5.21. The van der Waals surface area contributed by atoms with Crippen molar-refractivity contribution >= 4 is 5.91 Å². The van der Waals surface area contributed by atoms with Gasteiger partial charge in [-0.2, -0.15) is 0 Å². The number of carbonyl (C=O) groups is 1. The van der Waals surface area contributed by atoms with Crippen LogP contribution in [-0.4, -0.2) is 24.5 Å². The smallest absolute Gasteiger partial charge is 0.273 e. The first-order valence-corrected chi connectivity index (χ1v) is 7.14. The fourth-order valence-corrected chi connectivity index (χ4v) is 1.84. The maximum Gasteiger partial charge on any atom is 0.273 e. The maximum atomic E-state index is 11.8. The average Bonchev–Trinajstić information content (AvgIpc) is 3.00. The number of nitrogens with one attached hydrogen (secondary N) is 1. The molecule has 122 valence electrons. The molecule has 0 saturated heterocycles. The van der Waals surface area contributed by atoms with Gasteiger partial charge in [0.25, 0.3) is 5.91 Å². The number of aromatic nitrogens is 1. The molecule has 1 heterocycles. The lowest BCUT2D eigenvalue weighted by Crippen LogP contribution is -2.25. The highest BCUT2D eigenvalue weighted by molar-refractivity contribution is 5.92. The van der Waals surface area contributed by atoms with Crippen molar-refractivity contribution < 1.29 is 18.7 Å². The number of methoxy groups -OCH3 is 1. The van der Waals surface area contributed by atoms with E-state index in [1.165, 1.54) is 6.26 Å². The summed E-state index contributed by atoms with van der Waals surface area (Å²) in [5, 5.41) is 2.69. The fourth-order valence-electron chi connectivity index (χ4n) is 1.84. The third kappa shape index (κ3) is 4.60. The van der Waals surface area contributed by atoms with E-state index < -0.39 is 0 Å². The van der Waals surface area contributed by atoms with Gasteiger partial charge in [0.05, 0.1) is 7.11 Å². The third-order valence-electron chi connectivity index (χ3n) is 3.01. The van der Waals surface area contributed by atoms with Crippen LogP contribution in [0.15, 0.2) is 41.0 Å². The van der Waals surface area contributed by atoms with Crippen LogP contribution in [0.5, 0.6) is 11.5 Å². The largest absolute Gasteiger partial charge is 0.493 e. The van der Waals surface area contributed by atoms with E-state index in [2.05, 4.69) is 16.9 Å². The van der Waals surface area contributed by atoms with Crippen molar-refractivity contribution in [1.82, 2.24) is 10.3 Å². The summed E-state index contributed by atoms with van der Waals surface area (Å²) in [4.78, 5) is 15.9. The summed E-state index contributed by atoms with van der Waals surface area (Å²) in [5.41, 5.74) is 2.14. The van der Waals surface area contributed by atoms with E-state index in [4.69, 9.17) is 13.9 Å². The van der Waals surface area contributed by atoms with Crippen LogP contribution in [0.3, 0.4) is 0 Å². The molecule has 0 bridgehead atoms. The Bertz CT molecular complexity index is 706. The average molecular weight is 316 g/mol. The van der Waals surface area contributed by atoms with E-state index >= 15 is 0 Å². The Balaban J connectivity index is 1.97. The number of aryl methyl sites for hydroxylation is 1. The first kappa shape index (κ1) is 16.6. The van der Waals surface area contributed by atoms with Crippen LogP contribution >= 0.6 is 0 Å². The van der Waals surface area contributed by atoms with Gasteiger partial charge in [0, 0.05) is 6.54 Å². The van der Waals surface area contributed by atoms with Gasteiger partial charge in [-0.3, -0.25) is 4.79 Å².